The van der Waals surface area contributed by atoms with Crippen LogP contribution in [-0.4, -0.2) is 10.9 Å². The van der Waals surface area contributed by atoms with Crippen LogP contribution in [0.15, 0.2) is 18.3 Å². The first kappa shape index (κ1) is 13.5. The van der Waals surface area contributed by atoms with Crippen LogP contribution in [0, 0.1) is 0 Å². The Labute approximate surface area is 97.0 Å². The van der Waals surface area contributed by atoms with Crippen molar-refractivity contribution >= 4 is 5.91 Å². The molecule has 1 rings (SSSR count). The molecule has 0 aliphatic carbocycles. The molecule has 0 radical (unpaired) electrons. The minimum Gasteiger partial charge on any atom is -0.350 e. The standard InChI is InChI=1S/C11H13F3N2O/c1-3-10(17)16-7(2)8-4-5-9(15-6-8)11(12,13)14/h4-7H,3H2,1-2H3,(H,16,17). The van der Waals surface area contributed by atoms with Crippen LogP contribution in [0.2, 0.25) is 0 Å². The number of aromatic nitrogens is 1. The molecule has 1 N–H and O–H groups in total. The van der Waals surface area contributed by atoms with Gasteiger partial charge in [-0.1, -0.05) is 13.0 Å². The van der Waals surface area contributed by atoms with E-state index in [1.54, 1.807) is 13.8 Å². The van der Waals surface area contributed by atoms with Gasteiger partial charge in [0.25, 0.3) is 0 Å². The molecule has 0 spiro atoms. The van der Waals surface area contributed by atoms with E-state index in [4.69, 9.17) is 0 Å². The molecule has 1 unspecified atom stereocenters. The van der Waals surface area contributed by atoms with Gasteiger partial charge in [-0.2, -0.15) is 13.2 Å². The summed E-state index contributed by atoms with van der Waals surface area (Å²) in [7, 11) is 0. The number of alkyl halides is 3. The SMILES string of the molecule is CCC(=O)NC(C)c1ccc(C(F)(F)F)nc1. The Balaban J connectivity index is 2.77. The molecular weight excluding hydrogens is 233 g/mol. The molecule has 1 aromatic rings. The van der Waals surface area contributed by atoms with Gasteiger partial charge < -0.3 is 5.32 Å². The summed E-state index contributed by atoms with van der Waals surface area (Å²) in [4.78, 5) is 14.4. The molecule has 1 heterocycles. The number of nitrogens with one attached hydrogen (secondary N) is 1. The largest absolute Gasteiger partial charge is 0.433 e. The summed E-state index contributed by atoms with van der Waals surface area (Å²) in [5, 5.41) is 2.64. The summed E-state index contributed by atoms with van der Waals surface area (Å²) in [5.41, 5.74) is -0.393. The maximum absolute atomic E-state index is 12.3. The lowest BCUT2D eigenvalue weighted by molar-refractivity contribution is -0.141. The van der Waals surface area contributed by atoms with Gasteiger partial charge in [0.15, 0.2) is 0 Å². The molecule has 0 saturated heterocycles. The van der Waals surface area contributed by atoms with Crippen LogP contribution in [0.25, 0.3) is 0 Å². The smallest absolute Gasteiger partial charge is 0.350 e. The van der Waals surface area contributed by atoms with Crippen molar-refractivity contribution in [3.8, 4) is 0 Å². The molecule has 1 atom stereocenters. The van der Waals surface area contributed by atoms with E-state index in [0.29, 0.717) is 12.0 Å². The second-order valence-corrected chi connectivity index (χ2v) is 3.62. The van der Waals surface area contributed by atoms with Gasteiger partial charge in [0.05, 0.1) is 6.04 Å². The number of carbonyl (C=O) groups is 1. The third kappa shape index (κ3) is 3.72. The van der Waals surface area contributed by atoms with Gasteiger partial charge in [0.2, 0.25) is 5.91 Å². The zero-order chi connectivity index (χ0) is 13.1. The van der Waals surface area contributed by atoms with Crippen LogP contribution in [0.5, 0.6) is 0 Å². The summed E-state index contributed by atoms with van der Waals surface area (Å²) < 4.78 is 36.8. The third-order valence-corrected chi connectivity index (χ3v) is 2.28. The van der Waals surface area contributed by atoms with Crippen molar-refractivity contribution in [2.75, 3.05) is 0 Å². The highest BCUT2D eigenvalue weighted by Crippen LogP contribution is 2.27. The normalized spacial score (nSPS) is 13.2. The molecule has 0 aromatic carbocycles. The van der Waals surface area contributed by atoms with Gasteiger partial charge in [0, 0.05) is 12.6 Å². The van der Waals surface area contributed by atoms with Crippen molar-refractivity contribution < 1.29 is 18.0 Å². The van der Waals surface area contributed by atoms with Gasteiger partial charge in [-0.3, -0.25) is 9.78 Å². The van der Waals surface area contributed by atoms with E-state index in [-0.39, 0.29) is 11.9 Å². The minimum atomic E-state index is -4.44. The van der Waals surface area contributed by atoms with E-state index in [9.17, 15) is 18.0 Å². The van der Waals surface area contributed by atoms with E-state index >= 15 is 0 Å². The highest BCUT2D eigenvalue weighted by molar-refractivity contribution is 5.75. The Hall–Kier alpha value is -1.59. The predicted octanol–water partition coefficient (Wildman–Crippen LogP) is 2.69. The number of hydrogen-bond donors (Lipinski definition) is 1. The molecule has 6 heteroatoms. The number of hydrogen-bond acceptors (Lipinski definition) is 2. The van der Waals surface area contributed by atoms with Crippen molar-refractivity contribution in [3.05, 3.63) is 29.6 Å². The Morgan fingerprint density at radius 1 is 1.47 bits per heavy atom. The lowest BCUT2D eigenvalue weighted by Crippen LogP contribution is -2.25. The van der Waals surface area contributed by atoms with Crippen molar-refractivity contribution in [2.24, 2.45) is 0 Å². The number of halogens is 3. The number of rotatable bonds is 3. The van der Waals surface area contributed by atoms with E-state index < -0.39 is 11.9 Å². The predicted molar refractivity (Wildman–Crippen MR) is 56.1 cm³/mol. The van der Waals surface area contributed by atoms with E-state index in [1.165, 1.54) is 6.07 Å². The van der Waals surface area contributed by atoms with E-state index in [0.717, 1.165) is 12.3 Å². The molecule has 1 amide bonds. The van der Waals surface area contributed by atoms with Crippen LogP contribution >= 0.6 is 0 Å². The maximum Gasteiger partial charge on any atom is 0.433 e. The van der Waals surface area contributed by atoms with Crippen LogP contribution in [-0.2, 0) is 11.0 Å². The number of carbonyl (C=O) groups excluding carboxylic acids is 1. The second-order valence-electron chi connectivity index (χ2n) is 3.62. The fourth-order valence-electron chi connectivity index (χ4n) is 1.26. The molecule has 94 valence electrons. The number of nitrogens with zero attached hydrogens (tertiary/aromatic N) is 1. The summed E-state index contributed by atoms with van der Waals surface area (Å²) in [6.07, 6.45) is -2.98. The lowest BCUT2D eigenvalue weighted by Gasteiger charge is -2.14. The van der Waals surface area contributed by atoms with Crippen molar-refractivity contribution in [1.29, 1.82) is 0 Å². The van der Waals surface area contributed by atoms with Gasteiger partial charge >= 0.3 is 6.18 Å². The highest BCUT2D eigenvalue weighted by Gasteiger charge is 2.32. The molecule has 3 nitrogen and oxygen atoms in total. The maximum atomic E-state index is 12.3. The van der Waals surface area contributed by atoms with Crippen molar-refractivity contribution in [1.82, 2.24) is 10.3 Å². The summed E-state index contributed by atoms with van der Waals surface area (Å²) in [5.74, 6) is -0.155. The zero-order valence-electron chi connectivity index (χ0n) is 9.51. The first-order chi connectivity index (χ1) is 7.84. The Kier molecular flexibility index (Phi) is 4.09. The number of amides is 1. The Morgan fingerprint density at radius 3 is 2.53 bits per heavy atom. The fourth-order valence-corrected chi connectivity index (χ4v) is 1.26. The van der Waals surface area contributed by atoms with Crippen LogP contribution in [0.3, 0.4) is 0 Å². The van der Waals surface area contributed by atoms with Gasteiger partial charge in [-0.05, 0) is 18.6 Å². The highest BCUT2D eigenvalue weighted by atomic mass is 19.4. The van der Waals surface area contributed by atoms with Crippen molar-refractivity contribution in [2.45, 2.75) is 32.5 Å². The molecule has 1 aromatic heterocycles. The quantitative estimate of drug-likeness (QED) is 0.890. The van der Waals surface area contributed by atoms with E-state index in [1.807, 2.05) is 0 Å². The first-order valence-corrected chi connectivity index (χ1v) is 5.17. The first-order valence-electron chi connectivity index (χ1n) is 5.17. The molecular formula is C11H13F3N2O. The van der Waals surface area contributed by atoms with Gasteiger partial charge in [-0.25, -0.2) is 0 Å². The zero-order valence-corrected chi connectivity index (χ0v) is 9.51. The lowest BCUT2D eigenvalue weighted by atomic mass is 10.1. The Bertz CT molecular complexity index is 387. The molecule has 0 bridgehead atoms. The molecule has 0 aliphatic heterocycles. The van der Waals surface area contributed by atoms with Crippen molar-refractivity contribution in [3.63, 3.8) is 0 Å². The summed E-state index contributed by atoms with van der Waals surface area (Å²) in [6, 6.07) is 1.87. The van der Waals surface area contributed by atoms with Crippen LogP contribution in [0.4, 0.5) is 13.2 Å². The molecule has 17 heavy (non-hydrogen) atoms. The molecule has 0 aliphatic rings. The fraction of sp³-hybridized carbons (Fsp3) is 0.455. The topological polar surface area (TPSA) is 42.0 Å². The second kappa shape index (κ2) is 5.16. The minimum absolute atomic E-state index is 0.155. The third-order valence-electron chi connectivity index (χ3n) is 2.28. The van der Waals surface area contributed by atoms with Crippen LogP contribution < -0.4 is 5.32 Å². The Morgan fingerprint density at radius 2 is 2.12 bits per heavy atom. The summed E-state index contributed by atoms with van der Waals surface area (Å²) in [6.45, 7) is 3.39. The summed E-state index contributed by atoms with van der Waals surface area (Å²) >= 11 is 0. The van der Waals surface area contributed by atoms with Crippen LogP contribution in [0.1, 0.15) is 37.6 Å². The number of pyridine rings is 1. The van der Waals surface area contributed by atoms with E-state index in [2.05, 4.69) is 10.3 Å². The van der Waals surface area contributed by atoms with Gasteiger partial charge in [0.1, 0.15) is 5.69 Å². The monoisotopic (exact) mass is 246 g/mol. The molecule has 0 fully saturated rings. The molecule has 0 saturated carbocycles. The average Bonchev–Trinajstić information content (AvgIpc) is 2.27. The van der Waals surface area contributed by atoms with Gasteiger partial charge in [-0.15, -0.1) is 0 Å². The average molecular weight is 246 g/mol.